The predicted octanol–water partition coefficient (Wildman–Crippen LogP) is 2.21. The molecule has 1 aromatic carbocycles. The minimum absolute atomic E-state index is 0.477. The lowest BCUT2D eigenvalue weighted by molar-refractivity contribution is 0.858. The van der Waals surface area contributed by atoms with Crippen LogP contribution in [0.4, 0.5) is 5.69 Å². The molecule has 0 heterocycles. The summed E-state index contributed by atoms with van der Waals surface area (Å²) in [4.78, 5) is 2.13. The summed E-state index contributed by atoms with van der Waals surface area (Å²) in [6, 6.07) is 8.09. The zero-order valence-electron chi connectivity index (χ0n) is 10.4. The maximum absolute atomic E-state index is 9.14. The van der Waals surface area contributed by atoms with E-state index in [1.807, 2.05) is 37.0 Å². The number of nitrogens with zero attached hydrogens (tertiary/aromatic N) is 2. The van der Waals surface area contributed by atoms with Crippen LogP contribution in [0.25, 0.3) is 0 Å². The molecule has 0 radical (unpaired) electrons. The first-order valence-electron chi connectivity index (χ1n) is 5.66. The molecule has 3 nitrogen and oxygen atoms in total. The molecular weight excluding hydrogens is 230 g/mol. The van der Waals surface area contributed by atoms with Gasteiger partial charge in [0.15, 0.2) is 0 Å². The molecule has 0 fully saturated rings. The van der Waals surface area contributed by atoms with Gasteiger partial charge in [-0.15, -0.1) is 0 Å². The summed E-state index contributed by atoms with van der Waals surface area (Å²) in [6.07, 6.45) is 3.23. The highest BCUT2D eigenvalue weighted by atomic mass is 32.2. The van der Waals surface area contributed by atoms with Crippen molar-refractivity contribution in [1.82, 2.24) is 0 Å². The van der Waals surface area contributed by atoms with Gasteiger partial charge in [0.2, 0.25) is 0 Å². The number of hydrogen-bond acceptors (Lipinski definition) is 4. The van der Waals surface area contributed by atoms with Crippen molar-refractivity contribution in [2.45, 2.75) is 13.0 Å². The van der Waals surface area contributed by atoms with Crippen molar-refractivity contribution in [1.29, 1.82) is 5.26 Å². The van der Waals surface area contributed by atoms with E-state index >= 15 is 0 Å². The molecule has 0 unspecified atom stereocenters. The van der Waals surface area contributed by atoms with Crippen molar-refractivity contribution >= 4 is 17.4 Å². The maximum Gasteiger partial charge on any atom is 0.101 e. The van der Waals surface area contributed by atoms with Crippen LogP contribution < -0.4 is 10.6 Å². The highest BCUT2D eigenvalue weighted by Crippen LogP contribution is 2.20. The fourth-order valence-corrected chi connectivity index (χ4v) is 2.12. The zero-order valence-corrected chi connectivity index (χ0v) is 11.3. The second-order valence-corrected chi connectivity index (χ2v) is 4.92. The average molecular weight is 249 g/mol. The van der Waals surface area contributed by atoms with Gasteiger partial charge in [-0.1, -0.05) is 6.07 Å². The standard InChI is InChI=1S/C13H19N3S/c1-16(6-3-7-17-2)13-5-4-11(9-14)8-12(13)10-15/h4-5,8H,3,6-7,9,14H2,1-2H3. The summed E-state index contributed by atoms with van der Waals surface area (Å²) in [6.45, 7) is 1.45. The van der Waals surface area contributed by atoms with Crippen LogP contribution >= 0.6 is 11.8 Å². The summed E-state index contributed by atoms with van der Waals surface area (Å²) < 4.78 is 0. The van der Waals surface area contributed by atoms with E-state index < -0.39 is 0 Å². The van der Waals surface area contributed by atoms with Crippen molar-refractivity contribution in [3.63, 3.8) is 0 Å². The van der Waals surface area contributed by atoms with E-state index in [1.54, 1.807) is 0 Å². The van der Waals surface area contributed by atoms with Crippen molar-refractivity contribution in [2.75, 3.05) is 30.5 Å². The van der Waals surface area contributed by atoms with Crippen molar-refractivity contribution in [2.24, 2.45) is 5.73 Å². The second-order valence-electron chi connectivity index (χ2n) is 3.94. The number of hydrogen-bond donors (Lipinski definition) is 1. The molecule has 0 aliphatic heterocycles. The van der Waals surface area contributed by atoms with Gasteiger partial charge in [-0.2, -0.15) is 17.0 Å². The fraction of sp³-hybridized carbons (Fsp3) is 0.462. The van der Waals surface area contributed by atoms with Crippen molar-refractivity contribution in [3.05, 3.63) is 29.3 Å². The minimum atomic E-state index is 0.477. The lowest BCUT2D eigenvalue weighted by Gasteiger charge is -2.20. The Morgan fingerprint density at radius 3 is 2.82 bits per heavy atom. The van der Waals surface area contributed by atoms with Crippen LogP contribution in [0.15, 0.2) is 18.2 Å². The molecule has 4 heteroatoms. The van der Waals surface area contributed by atoms with E-state index in [-0.39, 0.29) is 0 Å². The Bertz CT molecular complexity index is 398. The lowest BCUT2D eigenvalue weighted by Crippen LogP contribution is -2.20. The molecule has 0 aliphatic carbocycles. The van der Waals surface area contributed by atoms with E-state index in [1.165, 1.54) is 0 Å². The summed E-state index contributed by atoms with van der Waals surface area (Å²) in [7, 11) is 2.03. The van der Waals surface area contributed by atoms with Gasteiger partial charge in [-0.05, 0) is 36.1 Å². The average Bonchev–Trinajstić information content (AvgIpc) is 2.38. The fourth-order valence-electron chi connectivity index (χ4n) is 1.70. The molecule has 0 saturated carbocycles. The molecule has 0 amide bonds. The number of anilines is 1. The molecule has 0 atom stereocenters. The molecule has 0 aliphatic rings. The third-order valence-corrected chi connectivity index (χ3v) is 3.37. The molecule has 2 N–H and O–H groups in total. The van der Waals surface area contributed by atoms with Crippen LogP contribution in [0.2, 0.25) is 0 Å². The first kappa shape index (κ1) is 13.9. The van der Waals surface area contributed by atoms with Crippen LogP contribution in [0, 0.1) is 11.3 Å². The Hall–Kier alpha value is -1.18. The number of nitrogens with two attached hydrogens (primary N) is 1. The van der Waals surface area contributed by atoms with Gasteiger partial charge in [0.1, 0.15) is 6.07 Å². The molecule has 17 heavy (non-hydrogen) atoms. The van der Waals surface area contributed by atoms with Gasteiger partial charge < -0.3 is 10.6 Å². The Morgan fingerprint density at radius 1 is 1.47 bits per heavy atom. The highest BCUT2D eigenvalue weighted by molar-refractivity contribution is 7.98. The third-order valence-electron chi connectivity index (χ3n) is 2.67. The maximum atomic E-state index is 9.14. The summed E-state index contributed by atoms with van der Waals surface area (Å²) in [5, 5.41) is 9.14. The highest BCUT2D eigenvalue weighted by Gasteiger charge is 2.07. The van der Waals surface area contributed by atoms with E-state index in [0.717, 1.165) is 30.0 Å². The van der Waals surface area contributed by atoms with Crippen LogP contribution in [0.3, 0.4) is 0 Å². The van der Waals surface area contributed by atoms with E-state index in [4.69, 9.17) is 11.0 Å². The Balaban J connectivity index is 2.79. The van der Waals surface area contributed by atoms with Gasteiger partial charge >= 0.3 is 0 Å². The first-order chi connectivity index (χ1) is 8.22. The van der Waals surface area contributed by atoms with Crippen LogP contribution in [0.5, 0.6) is 0 Å². The summed E-state index contributed by atoms with van der Waals surface area (Å²) in [5.41, 5.74) is 8.27. The largest absolute Gasteiger partial charge is 0.374 e. The third kappa shape index (κ3) is 3.95. The first-order valence-corrected chi connectivity index (χ1v) is 7.05. The van der Waals surface area contributed by atoms with Crippen LogP contribution in [0.1, 0.15) is 17.5 Å². The molecule has 92 valence electrons. The molecule has 0 aromatic heterocycles. The van der Waals surface area contributed by atoms with Crippen LogP contribution in [-0.4, -0.2) is 25.6 Å². The molecule has 0 spiro atoms. The summed E-state index contributed by atoms with van der Waals surface area (Å²) in [5.74, 6) is 1.15. The minimum Gasteiger partial charge on any atom is -0.374 e. The quantitative estimate of drug-likeness (QED) is 0.785. The van der Waals surface area contributed by atoms with E-state index in [9.17, 15) is 0 Å². The number of thioether (sulfide) groups is 1. The Labute approximate surface area is 108 Å². The van der Waals surface area contributed by atoms with Gasteiger partial charge in [0, 0.05) is 20.1 Å². The van der Waals surface area contributed by atoms with Gasteiger partial charge in [0.25, 0.3) is 0 Å². The SMILES string of the molecule is CSCCCN(C)c1ccc(CN)cc1C#N. The predicted molar refractivity (Wildman–Crippen MR) is 75.3 cm³/mol. The van der Waals surface area contributed by atoms with E-state index in [0.29, 0.717) is 12.1 Å². The molecular formula is C13H19N3S. The topological polar surface area (TPSA) is 53.0 Å². The van der Waals surface area contributed by atoms with Gasteiger partial charge in [0.05, 0.1) is 11.3 Å². The second kappa shape index (κ2) is 7.21. The monoisotopic (exact) mass is 249 g/mol. The number of nitriles is 1. The molecule has 1 rings (SSSR count). The summed E-state index contributed by atoms with van der Waals surface area (Å²) >= 11 is 1.85. The zero-order chi connectivity index (χ0) is 12.7. The lowest BCUT2D eigenvalue weighted by atomic mass is 10.1. The molecule has 0 bridgehead atoms. The van der Waals surface area contributed by atoms with E-state index in [2.05, 4.69) is 17.2 Å². The Morgan fingerprint density at radius 2 is 2.24 bits per heavy atom. The molecule has 1 aromatic rings. The molecule has 0 saturated heterocycles. The Kier molecular flexibility index (Phi) is 5.88. The van der Waals surface area contributed by atoms with Gasteiger partial charge in [-0.3, -0.25) is 0 Å². The number of benzene rings is 1. The number of rotatable bonds is 6. The van der Waals surface area contributed by atoms with Gasteiger partial charge in [-0.25, -0.2) is 0 Å². The normalized spacial score (nSPS) is 10.0. The van der Waals surface area contributed by atoms with Crippen molar-refractivity contribution < 1.29 is 0 Å². The van der Waals surface area contributed by atoms with Crippen molar-refractivity contribution in [3.8, 4) is 6.07 Å². The smallest absolute Gasteiger partial charge is 0.101 e. The van der Waals surface area contributed by atoms with Crippen LogP contribution in [-0.2, 0) is 6.54 Å².